The zero-order valence-corrected chi connectivity index (χ0v) is 28.8. The summed E-state index contributed by atoms with van der Waals surface area (Å²) in [5.74, 6) is -0.694. The Bertz CT molecular complexity index is 849. The van der Waals surface area contributed by atoms with Crippen LogP contribution < -0.4 is 0 Å². The van der Waals surface area contributed by atoms with Crippen LogP contribution in [-0.4, -0.2) is 36.4 Å². The molecule has 0 unspecified atom stereocenters. The highest BCUT2D eigenvalue weighted by Gasteiger charge is 2.15. The summed E-state index contributed by atoms with van der Waals surface area (Å²) < 4.78 is 10.5. The lowest BCUT2D eigenvalue weighted by molar-refractivity contribution is -0.161. The third-order valence-electron chi connectivity index (χ3n) is 7.28. The smallest absolute Gasteiger partial charge is 0.306 e. The van der Waals surface area contributed by atoms with Crippen molar-refractivity contribution < 1.29 is 24.2 Å². The summed E-state index contributed by atoms with van der Waals surface area (Å²) in [4.78, 5) is 24.1. The summed E-state index contributed by atoms with van der Waals surface area (Å²) >= 11 is 0. The number of ether oxygens (including phenoxy) is 2. The third-order valence-corrected chi connectivity index (χ3v) is 7.28. The van der Waals surface area contributed by atoms with Gasteiger partial charge in [0.1, 0.15) is 6.61 Å². The largest absolute Gasteiger partial charge is 0.462 e. The first-order valence-corrected chi connectivity index (χ1v) is 18.0. The molecule has 0 aromatic heterocycles. The highest BCUT2D eigenvalue weighted by Crippen LogP contribution is 2.13. The van der Waals surface area contributed by atoms with Crippen LogP contribution in [0.2, 0.25) is 0 Å². The summed E-state index contributed by atoms with van der Waals surface area (Å²) in [6, 6.07) is 0. The van der Waals surface area contributed by atoms with Crippen molar-refractivity contribution in [1.82, 2.24) is 0 Å². The molecule has 0 aromatic rings. The number of esters is 2. The molecule has 0 amide bonds. The Labute approximate surface area is 276 Å². The number of unbranched alkanes of at least 4 members (excludes halogenated alkanes) is 11. The van der Waals surface area contributed by atoms with Gasteiger partial charge in [0.15, 0.2) is 6.10 Å². The SMILES string of the molecule is CC/C=C/C/C=C/C/C=C/C/C=C/C/C=C/C/C=C/CCC(=O)OC[C@H](CO)OC(=O)CCCCCCCCCCCCCC. The Balaban J connectivity index is 3.74. The van der Waals surface area contributed by atoms with Gasteiger partial charge >= 0.3 is 11.9 Å². The van der Waals surface area contributed by atoms with Crippen molar-refractivity contribution in [2.75, 3.05) is 13.2 Å². The quantitative estimate of drug-likeness (QED) is 0.0471. The van der Waals surface area contributed by atoms with Crippen molar-refractivity contribution >= 4 is 11.9 Å². The second-order valence-corrected chi connectivity index (χ2v) is 11.6. The molecule has 0 fully saturated rings. The van der Waals surface area contributed by atoms with Gasteiger partial charge in [0.05, 0.1) is 6.61 Å². The number of allylic oxidation sites excluding steroid dienone is 12. The Morgan fingerprint density at radius 3 is 1.40 bits per heavy atom. The second kappa shape index (κ2) is 35.8. The first-order valence-electron chi connectivity index (χ1n) is 18.0. The van der Waals surface area contributed by atoms with E-state index < -0.39 is 6.10 Å². The molecule has 0 heterocycles. The Kier molecular flexibility index (Phi) is 33.7. The minimum atomic E-state index is -0.801. The Hall–Kier alpha value is -2.66. The molecule has 0 radical (unpaired) electrons. The summed E-state index contributed by atoms with van der Waals surface area (Å²) in [6.07, 6.45) is 46.8. The minimum Gasteiger partial charge on any atom is -0.462 e. The summed E-state index contributed by atoms with van der Waals surface area (Å²) in [7, 11) is 0. The lowest BCUT2D eigenvalue weighted by Crippen LogP contribution is -2.28. The van der Waals surface area contributed by atoms with Crippen LogP contribution in [0.4, 0.5) is 0 Å². The van der Waals surface area contributed by atoms with Gasteiger partial charge < -0.3 is 14.6 Å². The Morgan fingerprint density at radius 2 is 0.956 bits per heavy atom. The summed E-state index contributed by atoms with van der Waals surface area (Å²) in [6.45, 7) is 3.93. The van der Waals surface area contributed by atoms with Crippen LogP contribution in [0.25, 0.3) is 0 Å². The molecule has 0 spiro atoms. The topological polar surface area (TPSA) is 72.8 Å². The van der Waals surface area contributed by atoms with Crippen LogP contribution in [0.5, 0.6) is 0 Å². The maximum atomic E-state index is 12.1. The zero-order valence-electron chi connectivity index (χ0n) is 28.8. The molecule has 1 N–H and O–H groups in total. The van der Waals surface area contributed by atoms with Crippen LogP contribution in [0.1, 0.15) is 149 Å². The van der Waals surface area contributed by atoms with Gasteiger partial charge in [0.2, 0.25) is 0 Å². The average Bonchev–Trinajstić information content (AvgIpc) is 3.04. The summed E-state index contributed by atoms with van der Waals surface area (Å²) in [5, 5.41) is 9.51. The predicted molar refractivity (Wildman–Crippen MR) is 191 cm³/mol. The number of hydrogen-bond donors (Lipinski definition) is 1. The number of carbonyl (C=O) groups is 2. The van der Waals surface area contributed by atoms with E-state index >= 15 is 0 Å². The van der Waals surface area contributed by atoms with Gasteiger partial charge in [-0.25, -0.2) is 0 Å². The molecule has 1 atom stereocenters. The van der Waals surface area contributed by atoms with Crippen molar-refractivity contribution in [3.63, 3.8) is 0 Å². The van der Waals surface area contributed by atoms with Gasteiger partial charge in [-0.2, -0.15) is 0 Å². The molecular formula is C40H66O5. The van der Waals surface area contributed by atoms with Crippen LogP contribution in [0, 0.1) is 0 Å². The fourth-order valence-electron chi connectivity index (χ4n) is 4.58. The number of rotatable bonds is 31. The van der Waals surface area contributed by atoms with E-state index in [1.807, 2.05) is 12.2 Å². The van der Waals surface area contributed by atoms with Gasteiger partial charge in [0.25, 0.3) is 0 Å². The van der Waals surface area contributed by atoms with Gasteiger partial charge in [-0.15, -0.1) is 0 Å². The van der Waals surface area contributed by atoms with E-state index in [-0.39, 0.29) is 31.6 Å². The highest BCUT2D eigenvalue weighted by molar-refractivity contribution is 5.70. The fourth-order valence-corrected chi connectivity index (χ4v) is 4.58. The number of aliphatic hydroxyl groups is 1. The van der Waals surface area contributed by atoms with E-state index in [0.717, 1.165) is 57.8 Å². The van der Waals surface area contributed by atoms with E-state index in [1.165, 1.54) is 57.8 Å². The normalized spacial score (nSPS) is 13.0. The van der Waals surface area contributed by atoms with Gasteiger partial charge in [0, 0.05) is 12.8 Å². The van der Waals surface area contributed by atoms with Crippen molar-refractivity contribution in [1.29, 1.82) is 0 Å². The molecule has 0 rings (SSSR count). The molecule has 0 aliphatic carbocycles. The molecule has 0 bridgehead atoms. The molecule has 0 saturated heterocycles. The van der Waals surface area contributed by atoms with Crippen LogP contribution in [-0.2, 0) is 19.1 Å². The first-order chi connectivity index (χ1) is 22.1. The summed E-state index contributed by atoms with van der Waals surface area (Å²) in [5.41, 5.74) is 0. The van der Waals surface area contributed by atoms with Crippen LogP contribution in [0.15, 0.2) is 72.9 Å². The van der Waals surface area contributed by atoms with E-state index in [2.05, 4.69) is 74.6 Å². The van der Waals surface area contributed by atoms with E-state index in [9.17, 15) is 14.7 Å². The molecule has 0 saturated carbocycles. The average molecular weight is 627 g/mol. The van der Waals surface area contributed by atoms with Crippen molar-refractivity contribution in [2.24, 2.45) is 0 Å². The first kappa shape index (κ1) is 42.3. The molecule has 5 heteroatoms. The number of aliphatic hydroxyl groups excluding tert-OH is 1. The highest BCUT2D eigenvalue weighted by atomic mass is 16.6. The molecule has 256 valence electrons. The Morgan fingerprint density at radius 1 is 0.533 bits per heavy atom. The van der Waals surface area contributed by atoms with E-state index in [1.54, 1.807) is 0 Å². The molecule has 0 aliphatic rings. The van der Waals surface area contributed by atoms with Crippen molar-refractivity contribution in [3.8, 4) is 0 Å². The van der Waals surface area contributed by atoms with E-state index in [0.29, 0.717) is 12.8 Å². The van der Waals surface area contributed by atoms with E-state index in [4.69, 9.17) is 9.47 Å². The standard InChI is InChI=1S/C40H66O5/c1-3-5-7-9-11-13-15-17-18-19-20-21-22-23-25-26-28-30-32-34-39(42)44-37-38(36-41)45-40(43)35-33-31-29-27-24-16-14-12-10-8-6-4-2/h5,7,11,13,17-18,20-21,23,25,28,30,38,41H,3-4,6,8-10,12,14-16,19,22,24,26-27,29,31-37H2,1-2H3/b7-5+,13-11+,18-17+,21-20+,25-23+,30-28+/t38-/m0/s1. The molecule has 0 aromatic carbocycles. The maximum Gasteiger partial charge on any atom is 0.306 e. The molecule has 45 heavy (non-hydrogen) atoms. The lowest BCUT2D eigenvalue weighted by atomic mass is 10.0. The van der Waals surface area contributed by atoms with Gasteiger partial charge in [-0.3, -0.25) is 9.59 Å². The zero-order chi connectivity index (χ0) is 32.9. The maximum absolute atomic E-state index is 12.1. The number of carbonyl (C=O) groups excluding carboxylic acids is 2. The van der Waals surface area contributed by atoms with Gasteiger partial charge in [-0.1, -0.05) is 157 Å². The molecule has 5 nitrogen and oxygen atoms in total. The monoisotopic (exact) mass is 626 g/mol. The van der Waals surface area contributed by atoms with Crippen LogP contribution >= 0.6 is 0 Å². The predicted octanol–water partition coefficient (Wildman–Crippen LogP) is 11.0. The van der Waals surface area contributed by atoms with Gasteiger partial charge in [-0.05, 0) is 51.4 Å². The van der Waals surface area contributed by atoms with Crippen molar-refractivity contribution in [2.45, 2.75) is 155 Å². The van der Waals surface area contributed by atoms with Crippen molar-refractivity contribution in [3.05, 3.63) is 72.9 Å². The second-order valence-electron chi connectivity index (χ2n) is 11.6. The minimum absolute atomic E-state index is 0.108. The third kappa shape index (κ3) is 34.1. The lowest BCUT2D eigenvalue weighted by Gasteiger charge is -2.15. The van der Waals surface area contributed by atoms with Crippen LogP contribution in [0.3, 0.4) is 0 Å². The fraction of sp³-hybridized carbons (Fsp3) is 0.650. The number of hydrogen-bond acceptors (Lipinski definition) is 5. The molecular weight excluding hydrogens is 560 g/mol. The molecule has 0 aliphatic heterocycles.